The molecule has 2 aromatic carbocycles. The van der Waals surface area contributed by atoms with Crippen LogP contribution in [0, 0.1) is 0 Å². The molecule has 0 saturated heterocycles. The first-order valence-electron chi connectivity index (χ1n) is 9.16. The zero-order chi connectivity index (χ0) is 19.5. The number of ether oxygens (including phenoxy) is 2. The van der Waals surface area contributed by atoms with Gasteiger partial charge in [0.1, 0.15) is 0 Å². The molecule has 0 saturated carbocycles. The molecule has 144 valence electrons. The summed E-state index contributed by atoms with van der Waals surface area (Å²) in [4.78, 5) is 29.6. The Balaban J connectivity index is 1.62. The molecule has 3 aromatic rings. The van der Waals surface area contributed by atoms with E-state index in [1.54, 1.807) is 4.90 Å². The number of H-pyrrole nitrogens is 1. The highest BCUT2D eigenvalue weighted by molar-refractivity contribution is 5.79. The first-order valence-corrected chi connectivity index (χ1v) is 9.16. The summed E-state index contributed by atoms with van der Waals surface area (Å²) in [6.45, 7) is 3.10. The maximum Gasteiger partial charge on any atom is 0.317 e. The minimum Gasteiger partial charge on any atom is -0.454 e. The molecule has 1 aromatic heterocycles. The summed E-state index contributed by atoms with van der Waals surface area (Å²) in [7, 11) is 0. The van der Waals surface area contributed by atoms with Gasteiger partial charge >= 0.3 is 6.03 Å². The van der Waals surface area contributed by atoms with Crippen molar-refractivity contribution >= 4 is 16.9 Å². The number of hydrogen-bond donors (Lipinski definition) is 2. The van der Waals surface area contributed by atoms with Gasteiger partial charge in [0, 0.05) is 24.2 Å². The number of pyridine rings is 1. The summed E-state index contributed by atoms with van der Waals surface area (Å²) in [5.74, 6) is 1.36. The fraction of sp³-hybridized carbons (Fsp3) is 0.238. The molecule has 2 N–H and O–H groups in total. The zero-order valence-electron chi connectivity index (χ0n) is 15.5. The lowest BCUT2D eigenvalue weighted by Crippen LogP contribution is -2.40. The van der Waals surface area contributed by atoms with E-state index in [4.69, 9.17) is 9.47 Å². The van der Waals surface area contributed by atoms with E-state index < -0.39 is 0 Å². The average molecular weight is 379 g/mol. The number of fused-ring (bicyclic) bond motifs is 2. The summed E-state index contributed by atoms with van der Waals surface area (Å²) in [6, 6.07) is 14.8. The second kappa shape index (κ2) is 7.64. The molecule has 7 heteroatoms. The Labute approximate surface area is 161 Å². The standard InChI is InChI=1S/C21H21N3O4/c1-2-22-21(26)24(11-14-7-8-18-19(9-14)28-13-27-18)12-16-10-15-5-3-4-6-17(15)23-20(16)25/h3-10H,2,11-13H2,1H3,(H,22,26)(H,23,25). The van der Waals surface area contributed by atoms with Gasteiger partial charge in [0.15, 0.2) is 11.5 Å². The van der Waals surface area contributed by atoms with Crippen LogP contribution in [0.5, 0.6) is 11.5 Å². The molecule has 2 amide bonds. The number of urea groups is 1. The highest BCUT2D eigenvalue weighted by Crippen LogP contribution is 2.32. The highest BCUT2D eigenvalue weighted by atomic mass is 16.7. The molecule has 1 aliphatic heterocycles. The van der Waals surface area contributed by atoms with Crippen LogP contribution >= 0.6 is 0 Å². The van der Waals surface area contributed by atoms with Crippen LogP contribution in [0.1, 0.15) is 18.1 Å². The van der Waals surface area contributed by atoms with Crippen LogP contribution in [0.3, 0.4) is 0 Å². The number of nitrogens with zero attached hydrogens (tertiary/aromatic N) is 1. The molecule has 1 aliphatic rings. The molecule has 0 radical (unpaired) electrons. The SMILES string of the molecule is CCNC(=O)N(Cc1ccc2c(c1)OCO2)Cc1cc2ccccc2[nH]c1=O. The summed E-state index contributed by atoms with van der Waals surface area (Å²) in [5, 5.41) is 3.74. The van der Waals surface area contributed by atoms with Crippen LogP contribution in [0.4, 0.5) is 4.79 Å². The number of aromatic nitrogens is 1. The lowest BCUT2D eigenvalue weighted by atomic mass is 10.1. The number of amides is 2. The Morgan fingerprint density at radius 1 is 1.11 bits per heavy atom. The Hall–Kier alpha value is -3.48. The van der Waals surface area contributed by atoms with E-state index >= 15 is 0 Å². The number of aromatic amines is 1. The van der Waals surface area contributed by atoms with Gasteiger partial charge in [-0.2, -0.15) is 0 Å². The van der Waals surface area contributed by atoms with Crippen molar-refractivity contribution < 1.29 is 14.3 Å². The summed E-state index contributed by atoms with van der Waals surface area (Å²) in [5.41, 5.74) is 2.01. The van der Waals surface area contributed by atoms with Crippen molar-refractivity contribution in [2.45, 2.75) is 20.0 Å². The minimum atomic E-state index is -0.229. The topological polar surface area (TPSA) is 83.7 Å². The Morgan fingerprint density at radius 2 is 1.93 bits per heavy atom. The molecular weight excluding hydrogens is 358 g/mol. The molecule has 4 rings (SSSR count). The monoisotopic (exact) mass is 379 g/mol. The molecule has 7 nitrogen and oxygen atoms in total. The van der Waals surface area contributed by atoms with E-state index in [-0.39, 0.29) is 24.9 Å². The second-order valence-electron chi connectivity index (χ2n) is 6.59. The van der Waals surface area contributed by atoms with Gasteiger partial charge in [-0.15, -0.1) is 0 Å². The van der Waals surface area contributed by atoms with Crippen molar-refractivity contribution in [1.29, 1.82) is 0 Å². The second-order valence-corrected chi connectivity index (χ2v) is 6.59. The lowest BCUT2D eigenvalue weighted by molar-refractivity contribution is 0.173. The van der Waals surface area contributed by atoms with E-state index in [9.17, 15) is 9.59 Å². The van der Waals surface area contributed by atoms with Crippen molar-refractivity contribution in [2.75, 3.05) is 13.3 Å². The number of benzene rings is 2. The number of nitrogens with one attached hydrogen (secondary N) is 2. The highest BCUT2D eigenvalue weighted by Gasteiger charge is 2.19. The number of para-hydroxylation sites is 1. The Morgan fingerprint density at radius 3 is 2.79 bits per heavy atom. The van der Waals surface area contributed by atoms with E-state index in [0.29, 0.717) is 30.2 Å². The smallest absolute Gasteiger partial charge is 0.317 e. The summed E-state index contributed by atoms with van der Waals surface area (Å²) < 4.78 is 10.8. The Bertz CT molecular complexity index is 1080. The third-order valence-corrected chi connectivity index (χ3v) is 4.62. The Kier molecular flexibility index (Phi) is 4.89. The normalized spacial score (nSPS) is 12.2. The quantitative estimate of drug-likeness (QED) is 0.714. The van der Waals surface area contributed by atoms with Gasteiger partial charge in [0.2, 0.25) is 6.79 Å². The van der Waals surface area contributed by atoms with E-state index in [1.807, 2.05) is 55.5 Å². The first-order chi connectivity index (χ1) is 13.6. The first kappa shape index (κ1) is 17.9. The predicted molar refractivity (Wildman–Crippen MR) is 105 cm³/mol. The van der Waals surface area contributed by atoms with Gasteiger partial charge in [-0.1, -0.05) is 24.3 Å². The number of carbonyl (C=O) groups excluding carboxylic acids is 1. The molecule has 2 heterocycles. The molecule has 0 spiro atoms. The molecular formula is C21H21N3O4. The predicted octanol–water partition coefficient (Wildman–Crippen LogP) is 2.99. The third-order valence-electron chi connectivity index (χ3n) is 4.62. The molecule has 0 aliphatic carbocycles. The van der Waals surface area contributed by atoms with Crippen molar-refractivity contribution in [2.24, 2.45) is 0 Å². The van der Waals surface area contributed by atoms with Crippen LogP contribution < -0.4 is 20.3 Å². The van der Waals surface area contributed by atoms with Crippen LogP contribution in [0.15, 0.2) is 53.3 Å². The minimum absolute atomic E-state index is 0.195. The van der Waals surface area contributed by atoms with Crippen LogP contribution in [-0.4, -0.2) is 29.3 Å². The van der Waals surface area contributed by atoms with Crippen molar-refractivity contribution in [1.82, 2.24) is 15.2 Å². The summed E-state index contributed by atoms with van der Waals surface area (Å²) >= 11 is 0. The fourth-order valence-electron chi connectivity index (χ4n) is 3.24. The summed E-state index contributed by atoms with van der Waals surface area (Å²) in [6.07, 6.45) is 0. The average Bonchev–Trinajstić information content (AvgIpc) is 3.16. The maximum absolute atomic E-state index is 12.6. The van der Waals surface area contributed by atoms with Crippen LogP contribution in [0.25, 0.3) is 10.9 Å². The van der Waals surface area contributed by atoms with Gasteiger partial charge < -0.3 is 24.7 Å². The zero-order valence-corrected chi connectivity index (χ0v) is 15.5. The molecule has 28 heavy (non-hydrogen) atoms. The number of carbonyl (C=O) groups is 1. The van der Waals surface area contributed by atoms with Gasteiger partial charge in [0.25, 0.3) is 5.56 Å². The molecule has 0 bridgehead atoms. The van der Waals surface area contributed by atoms with Gasteiger partial charge in [-0.05, 0) is 42.1 Å². The van der Waals surface area contributed by atoms with E-state index in [0.717, 1.165) is 16.5 Å². The van der Waals surface area contributed by atoms with Crippen LogP contribution in [-0.2, 0) is 13.1 Å². The van der Waals surface area contributed by atoms with Crippen molar-refractivity contribution in [3.63, 3.8) is 0 Å². The van der Waals surface area contributed by atoms with Crippen molar-refractivity contribution in [3.8, 4) is 11.5 Å². The molecule has 0 fully saturated rings. The number of hydrogen-bond acceptors (Lipinski definition) is 4. The van der Waals surface area contributed by atoms with Crippen LogP contribution in [0.2, 0.25) is 0 Å². The lowest BCUT2D eigenvalue weighted by Gasteiger charge is -2.23. The van der Waals surface area contributed by atoms with Crippen molar-refractivity contribution in [3.05, 3.63) is 70.0 Å². The largest absolute Gasteiger partial charge is 0.454 e. The van der Waals surface area contributed by atoms with E-state index in [2.05, 4.69) is 10.3 Å². The third kappa shape index (κ3) is 3.64. The van der Waals surface area contributed by atoms with Gasteiger partial charge in [-0.3, -0.25) is 4.79 Å². The van der Waals surface area contributed by atoms with Gasteiger partial charge in [0.05, 0.1) is 6.54 Å². The molecule has 0 atom stereocenters. The van der Waals surface area contributed by atoms with Gasteiger partial charge in [-0.25, -0.2) is 4.79 Å². The fourth-order valence-corrected chi connectivity index (χ4v) is 3.24. The number of rotatable bonds is 5. The molecule has 0 unspecified atom stereocenters. The van der Waals surface area contributed by atoms with E-state index in [1.165, 1.54) is 0 Å². The maximum atomic E-state index is 12.6.